The van der Waals surface area contributed by atoms with Crippen molar-refractivity contribution in [3.05, 3.63) is 11.7 Å². The fourth-order valence-electron chi connectivity index (χ4n) is 3.38. The maximum absolute atomic E-state index is 5.96. The van der Waals surface area contributed by atoms with Gasteiger partial charge >= 0.3 is 0 Å². The topological polar surface area (TPSA) is 68.2 Å². The van der Waals surface area contributed by atoms with Gasteiger partial charge in [0.1, 0.15) is 0 Å². The van der Waals surface area contributed by atoms with Crippen molar-refractivity contribution in [2.24, 2.45) is 17.6 Å². The number of hydrogen-bond donors (Lipinski definition) is 1. The van der Waals surface area contributed by atoms with Gasteiger partial charge in [0.05, 0.1) is 6.54 Å². The number of nitrogens with zero attached hydrogens (tertiary/aromatic N) is 3. The second-order valence-electron chi connectivity index (χ2n) is 6.61. The highest BCUT2D eigenvalue weighted by molar-refractivity contribution is 4.90. The van der Waals surface area contributed by atoms with E-state index >= 15 is 0 Å². The minimum atomic E-state index is 0.553. The van der Waals surface area contributed by atoms with Gasteiger partial charge in [-0.25, -0.2) is 0 Å². The zero-order valence-electron chi connectivity index (χ0n) is 13.7. The molecule has 5 nitrogen and oxygen atoms in total. The molecule has 1 fully saturated rings. The summed E-state index contributed by atoms with van der Waals surface area (Å²) in [5, 5.41) is 4.09. The van der Waals surface area contributed by atoms with Crippen LogP contribution in [0.15, 0.2) is 4.52 Å². The molecular formula is C16H30N4O. The first-order valence-electron chi connectivity index (χ1n) is 8.39. The van der Waals surface area contributed by atoms with Crippen molar-refractivity contribution in [2.45, 2.75) is 65.5 Å². The van der Waals surface area contributed by atoms with E-state index in [1.807, 2.05) is 0 Å². The third-order valence-corrected chi connectivity index (χ3v) is 4.49. The summed E-state index contributed by atoms with van der Waals surface area (Å²) in [6.07, 6.45) is 5.99. The first-order chi connectivity index (χ1) is 10.1. The van der Waals surface area contributed by atoms with E-state index in [9.17, 15) is 0 Å². The van der Waals surface area contributed by atoms with Crippen LogP contribution in [-0.2, 0) is 13.0 Å². The Hall–Kier alpha value is -0.940. The van der Waals surface area contributed by atoms with E-state index < -0.39 is 0 Å². The predicted octanol–water partition coefficient (Wildman–Crippen LogP) is 2.61. The van der Waals surface area contributed by atoms with Gasteiger partial charge < -0.3 is 10.3 Å². The van der Waals surface area contributed by atoms with E-state index in [1.54, 1.807) is 0 Å². The van der Waals surface area contributed by atoms with Crippen LogP contribution < -0.4 is 5.73 Å². The molecule has 2 atom stereocenters. The highest BCUT2D eigenvalue weighted by Gasteiger charge is 2.29. The van der Waals surface area contributed by atoms with Crippen molar-refractivity contribution in [3.8, 4) is 0 Å². The highest BCUT2D eigenvalue weighted by atomic mass is 16.5. The summed E-state index contributed by atoms with van der Waals surface area (Å²) < 4.78 is 5.42. The normalized spacial score (nSPS) is 23.1. The Morgan fingerprint density at radius 1 is 1.33 bits per heavy atom. The van der Waals surface area contributed by atoms with E-state index in [0.717, 1.165) is 37.8 Å². The Balaban J connectivity index is 1.99. The van der Waals surface area contributed by atoms with E-state index in [-0.39, 0.29) is 0 Å². The minimum Gasteiger partial charge on any atom is -0.338 e. The van der Waals surface area contributed by atoms with Crippen molar-refractivity contribution in [3.63, 3.8) is 0 Å². The summed E-state index contributed by atoms with van der Waals surface area (Å²) in [5.74, 6) is 2.73. The van der Waals surface area contributed by atoms with Crippen LogP contribution in [-0.4, -0.2) is 34.2 Å². The second-order valence-corrected chi connectivity index (χ2v) is 6.61. The van der Waals surface area contributed by atoms with Crippen LogP contribution in [0.1, 0.15) is 58.2 Å². The van der Waals surface area contributed by atoms with Crippen LogP contribution in [0.4, 0.5) is 0 Å². The molecule has 1 aromatic heterocycles. The molecule has 1 saturated carbocycles. The third-order valence-electron chi connectivity index (χ3n) is 4.49. The summed E-state index contributed by atoms with van der Waals surface area (Å²) in [5.41, 5.74) is 5.96. The molecule has 0 amide bonds. The molecule has 2 unspecified atom stereocenters. The van der Waals surface area contributed by atoms with Crippen LogP contribution in [0.25, 0.3) is 0 Å². The average molecular weight is 294 g/mol. The molecule has 0 aromatic carbocycles. The maximum Gasteiger partial charge on any atom is 0.240 e. The largest absolute Gasteiger partial charge is 0.338 e. The first kappa shape index (κ1) is 16.4. The molecule has 0 bridgehead atoms. The van der Waals surface area contributed by atoms with Gasteiger partial charge in [0, 0.05) is 12.5 Å². The van der Waals surface area contributed by atoms with Crippen molar-refractivity contribution >= 4 is 0 Å². The molecule has 1 aliphatic rings. The first-order valence-corrected chi connectivity index (χ1v) is 8.39. The smallest absolute Gasteiger partial charge is 0.240 e. The van der Waals surface area contributed by atoms with E-state index in [4.69, 9.17) is 10.3 Å². The van der Waals surface area contributed by atoms with E-state index in [2.05, 4.69) is 35.8 Å². The van der Waals surface area contributed by atoms with Crippen LogP contribution in [0.3, 0.4) is 0 Å². The van der Waals surface area contributed by atoms with Gasteiger partial charge in [0.2, 0.25) is 5.89 Å². The van der Waals surface area contributed by atoms with Gasteiger partial charge in [-0.15, -0.1) is 0 Å². The minimum absolute atomic E-state index is 0.553. The Labute approximate surface area is 128 Å². The number of hydrogen-bond acceptors (Lipinski definition) is 5. The Morgan fingerprint density at radius 2 is 2.10 bits per heavy atom. The second kappa shape index (κ2) is 7.90. The average Bonchev–Trinajstić information content (AvgIpc) is 2.91. The monoisotopic (exact) mass is 294 g/mol. The number of aromatic nitrogens is 2. The fraction of sp³-hybridized carbons (Fsp3) is 0.875. The molecule has 5 heteroatoms. The van der Waals surface area contributed by atoms with Gasteiger partial charge in [-0.3, -0.25) is 4.90 Å². The lowest BCUT2D eigenvalue weighted by atomic mass is 9.83. The SMILES string of the molecule is CCN(Cc1nc(CC(C)C)no1)C1CCCCC1CN. The maximum atomic E-state index is 5.96. The van der Waals surface area contributed by atoms with Crippen molar-refractivity contribution in [2.75, 3.05) is 13.1 Å². The number of rotatable bonds is 7. The molecule has 1 aliphatic carbocycles. The van der Waals surface area contributed by atoms with Crippen LogP contribution >= 0.6 is 0 Å². The highest BCUT2D eigenvalue weighted by Crippen LogP contribution is 2.28. The molecule has 1 aromatic rings. The molecule has 0 spiro atoms. The van der Waals surface area contributed by atoms with Gasteiger partial charge in [0.15, 0.2) is 5.82 Å². The summed E-state index contributed by atoms with van der Waals surface area (Å²) in [7, 11) is 0. The molecular weight excluding hydrogens is 264 g/mol. The Morgan fingerprint density at radius 3 is 2.76 bits per heavy atom. The van der Waals surface area contributed by atoms with Crippen molar-refractivity contribution < 1.29 is 4.52 Å². The summed E-state index contributed by atoms with van der Waals surface area (Å²) in [6.45, 7) is 9.08. The van der Waals surface area contributed by atoms with Crippen LogP contribution in [0, 0.1) is 11.8 Å². The van der Waals surface area contributed by atoms with Crippen molar-refractivity contribution in [1.29, 1.82) is 0 Å². The van der Waals surface area contributed by atoms with Gasteiger partial charge in [-0.2, -0.15) is 4.98 Å². The lowest BCUT2D eigenvalue weighted by Gasteiger charge is -2.38. The quantitative estimate of drug-likeness (QED) is 0.837. The Kier molecular flexibility index (Phi) is 6.18. The zero-order valence-corrected chi connectivity index (χ0v) is 13.7. The zero-order chi connectivity index (χ0) is 15.2. The van der Waals surface area contributed by atoms with Gasteiger partial charge in [-0.1, -0.05) is 38.8 Å². The van der Waals surface area contributed by atoms with E-state index in [1.165, 1.54) is 25.7 Å². The lowest BCUT2D eigenvalue weighted by Crippen LogP contribution is -2.44. The fourth-order valence-corrected chi connectivity index (χ4v) is 3.38. The molecule has 0 radical (unpaired) electrons. The summed E-state index contributed by atoms with van der Waals surface area (Å²) in [4.78, 5) is 6.99. The molecule has 2 N–H and O–H groups in total. The van der Waals surface area contributed by atoms with Crippen LogP contribution in [0.5, 0.6) is 0 Å². The molecule has 0 aliphatic heterocycles. The van der Waals surface area contributed by atoms with Crippen molar-refractivity contribution in [1.82, 2.24) is 15.0 Å². The predicted molar refractivity (Wildman–Crippen MR) is 83.7 cm³/mol. The van der Waals surface area contributed by atoms with Gasteiger partial charge in [0.25, 0.3) is 0 Å². The number of nitrogens with two attached hydrogens (primary N) is 1. The van der Waals surface area contributed by atoms with Crippen LogP contribution in [0.2, 0.25) is 0 Å². The molecule has 120 valence electrons. The summed E-state index contributed by atoms with van der Waals surface area (Å²) >= 11 is 0. The standard InChI is InChI=1S/C16H30N4O/c1-4-20(14-8-6-5-7-13(14)10-17)11-16-18-15(19-21-16)9-12(2)3/h12-14H,4-11,17H2,1-3H3. The lowest BCUT2D eigenvalue weighted by molar-refractivity contribution is 0.0942. The summed E-state index contributed by atoms with van der Waals surface area (Å²) in [6, 6.07) is 0.564. The van der Waals surface area contributed by atoms with Gasteiger partial charge in [-0.05, 0) is 37.8 Å². The van der Waals surface area contributed by atoms with E-state index in [0.29, 0.717) is 17.9 Å². The molecule has 21 heavy (non-hydrogen) atoms. The molecule has 2 rings (SSSR count). The third kappa shape index (κ3) is 4.51. The molecule has 0 saturated heterocycles. The molecule has 1 heterocycles. The Bertz CT molecular complexity index is 418.